The number of hydrogen-bond acceptors (Lipinski definition) is 3. The van der Waals surface area contributed by atoms with Crippen LogP contribution in [-0.2, 0) is 16.0 Å². The highest BCUT2D eigenvalue weighted by Crippen LogP contribution is 2.15. The molecule has 0 aliphatic heterocycles. The van der Waals surface area contributed by atoms with Gasteiger partial charge in [-0.2, -0.15) is 0 Å². The van der Waals surface area contributed by atoms with Crippen molar-refractivity contribution in [3.63, 3.8) is 0 Å². The van der Waals surface area contributed by atoms with Crippen LogP contribution in [0.1, 0.15) is 119 Å². The predicted molar refractivity (Wildman–Crippen MR) is 121 cm³/mol. The van der Waals surface area contributed by atoms with Gasteiger partial charge in [0.25, 0.3) is 0 Å². The molecule has 0 aliphatic rings. The van der Waals surface area contributed by atoms with E-state index in [0.29, 0.717) is 5.56 Å². The van der Waals surface area contributed by atoms with Crippen molar-refractivity contribution in [2.24, 2.45) is 0 Å². The number of rotatable bonds is 18. The highest BCUT2D eigenvalue weighted by molar-refractivity contribution is 6.05. The van der Waals surface area contributed by atoms with E-state index in [1.807, 2.05) is 24.3 Å². The van der Waals surface area contributed by atoms with Crippen LogP contribution in [-0.4, -0.2) is 18.9 Å². The summed E-state index contributed by atoms with van der Waals surface area (Å²) in [4.78, 5) is 23.1. The minimum atomic E-state index is -0.485. The zero-order valence-corrected chi connectivity index (χ0v) is 18.8. The maximum Gasteiger partial charge on any atom is 0.313 e. The molecule has 1 aromatic rings. The van der Waals surface area contributed by atoms with Gasteiger partial charge in [-0.05, 0) is 18.4 Å². The van der Waals surface area contributed by atoms with Gasteiger partial charge in [-0.25, -0.2) is 0 Å². The monoisotopic (exact) mass is 402 g/mol. The predicted octanol–water partition coefficient (Wildman–Crippen LogP) is 7.46. The largest absolute Gasteiger partial charge is 0.469 e. The van der Waals surface area contributed by atoms with Crippen molar-refractivity contribution in [3.8, 4) is 0 Å². The number of ether oxygens (including phenoxy) is 1. The summed E-state index contributed by atoms with van der Waals surface area (Å²) in [6.45, 7) is 2.27. The minimum Gasteiger partial charge on any atom is -0.469 e. The van der Waals surface area contributed by atoms with E-state index in [1.54, 1.807) is 0 Å². The molecular weight excluding hydrogens is 360 g/mol. The van der Waals surface area contributed by atoms with Crippen molar-refractivity contribution in [2.75, 3.05) is 7.11 Å². The van der Waals surface area contributed by atoms with E-state index in [-0.39, 0.29) is 12.2 Å². The fraction of sp³-hybridized carbons (Fsp3) is 0.692. The van der Waals surface area contributed by atoms with Crippen LogP contribution < -0.4 is 0 Å². The first-order valence-corrected chi connectivity index (χ1v) is 11.9. The van der Waals surface area contributed by atoms with Gasteiger partial charge >= 0.3 is 5.97 Å². The molecule has 0 atom stereocenters. The lowest BCUT2D eigenvalue weighted by atomic mass is 10.0. The van der Waals surface area contributed by atoms with Crippen LogP contribution >= 0.6 is 0 Å². The summed E-state index contributed by atoms with van der Waals surface area (Å²) < 4.78 is 4.54. The molecule has 1 rings (SSSR count). The maximum atomic E-state index is 11.9. The van der Waals surface area contributed by atoms with Gasteiger partial charge in [0.2, 0.25) is 0 Å². The fourth-order valence-corrected chi connectivity index (χ4v) is 3.69. The van der Waals surface area contributed by atoms with Crippen LogP contribution in [0.25, 0.3) is 0 Å². The number of carbonyl (C=O) groups is 2. The zero-order valence-electron chi connectivity index (χ0n) is 18.8. The second kappa shape index (κ2) is 17.2. The maximum absolute atomic E-state index is 11.9. The third kappa shape index (κ3) is 13.2. The first kappa shape index (κ1) is 25.4. The summed E-state index contributed by atoms with van der Waals surface area (Å²) in [6, 6.07) is 7.66. The Hall–Kier alpha value is -1.64. The molecule has 164 valence electrons. The van der Waals surface area contributed by atoms with Crippen molar-refractivity contribution in [3.05, 3.63) is 35.4 Å². The number of hydrogen-bond donors (Lipinski definition) is 0. The zero-order chi connectivity index (χ0) is 21.2. The molecule has 0 N–H and O–H groups in total. The molecule has 3 nitrogen and oxygen atoms in total. The first-order valence-electron chi connectivity index (χ1n) is 11.9. The van der Waals surface area contributed by atoms with E-state index in [0.717, 1.165) is 6.42 Å². The van der Waals surface area contributed by atoms with E-state index in [9.17, 15) is 9.59 Å². The molecule has 0 amide bonds. The summed E-state index contributed by atoms with van der Waals surface area (Å²) in [6.07, 6.45) is 20.1. The molecule has 0 radical (unpaired) electrons. The van der Waals surface area contributed by atoms with Gasteiger partial charge < -0.3 is 4.74 Å². The SMILES string of the molecule is CCCCCCCCCCCCCCCCc1ccc(C(=O)CC(=O)OC)cc1. The fourth-order valence-electron chi connectivity index (χ4n) is 3.69. The molecular formula is C26H42O3. The summed E-state index contributed by atoms with van der Waals surface area (Å²) >= 11 is 0. The summed E-state index contributed by atoms with van der Waals surface area (Å²) in [7, 11) is 1.30. The van der Waals surface area contributed by atoms with Crippen molar-refractivity contribution in [2.45, 2.75) is 110 Å². The lowest BCUT2D eigenvalue weighted by Gasteiger charge is -2.05. The quantitative estimate of drug-likeness (QED) is 0.111. The van der Waals surface area contributed by atoms with Crippen LogP contribution in [0.4, 0.5) is 0 Å². The van der Waals surface area contributed by atoms with Crippen molar-refractivity contribution in [1.29, 1.82) is 0 Å². The summed E-state index contributed by atoms with van der Waals surface area (Å²) in [5, 5.41) is 0. The van der Waals surface area contributed by atoms with Crippen molar-refractivity contribution in [1.82, 2.24) is 0 Å². The lowest BCUT2D eigenvalue weighted by Crippen LogP contribution is -2.09. The van der Waals surface area contributed by atoms with Crippen molar-refractivity contribution < 1.29 is 14.3 Å². The topological polar surface area (TPSA) is 43.4 Å². The normalized spacial score (nSPS) is 10.8. The molecule has 0 heterocycles. The van der Waals surface area contributed by atoms with Gasteiger partial charge in [-0.3, -0.25) is 9.59 Å². The number of methoxy groups -OCH3 is 1. The van der Waals surface area contributed by atoms with Crippen molar-refractivity contribution >= 4 is 11.8 Å². The molecule has 0 bridgehead atoms. The number of carbonyl (C=O) groups excluding carboxylic acids is 2. The van der Waals surface area contributed by atoms with E-state index in [2.05, 4.69) is 11.7 Å². The molecule has 1 aromatic carbocycles. The van der Waals surface area contributed by atoms with E-state index in [1.165, 1.54) is 103 Å². The number of aryl methyl sites for hydroxylation is 1. The van der Waals surface area contributed by atoms with Gasteiger partial charge in [-0.1, -0.05) is 115 Å². The number of esters is 1. The molecule has 0 fully saturated rings. The number of benzene rings is 1. The smallest absolute Gasteiger partial charge is 0.313 e. The average Bonchev–Trinajstić information content (AvgIpc) is 2.74. The minimum absolute atomic E-state index is 0.181. The Morgan fingerprint density at radius 3 is 1.59 bits per heavy atom. The average molecular weight is 403 g/mol. The van der Waals surface area contributed by atoms with Crippen LogP contribution in [0.5, 0.6) is 0 Å². The highest BCUT2D eigenvalue weighted by Gasteiger charge is 2.11. The Morgan fingerprint density at radius 1 is 0.690 bits per heavy atom. The number of ketones is 1. The third-order valence-electron chi connectivity index (χ3n) is 5.63. The third-order valence-corrected chi connectivity index (χ3v) is 5.63. The van der Waals surface area contributed by atoms with Gasteiger partial charge in [0.05, 0.1) is 7.11 Å². The van der Waals surface area contributed by atoms with Gasteiger partial charge in [-0.15, -0.1) is 0 Å². The van der Waals surface area contributed by atoms with Crippen LogP contribution in [0.3, 0.4) is 0 Å². The summed E-state index contributed by atoms with van der Waals surface area (Å²) in [5.41, 5.74) is 1.85. The molecule has 0 saturated carbocycles. The molecule has 0 aromatic heterocycles. The second-order valence-corrected chi connectivity index (χ2v) is 8.22. The van der Waals surface area contributed by atoms with E-state index < -0.39 is 5.97 Å². The second-order valence-electron chi connectivity index (χ2n) is 8.22. The molecule has 0 spiro atoms. The van der Waals surface area contributed by atoms with Crippen LogP contribution in [0, 0.1) is 0 Å². The summed E-state index contributed by atoms with van der Waals surface area (Å²) in [5.74, 6) is -0.665. The number of Topliss-reactive ketones (excluding diaryl/α,β-unsaturated/α-hetero) is 1. The Labute approximate surface area is 178 Å². The first-order chi connectivity index (χ1) is 14.2. The Kier molecular flexibility index (Phi) is 15.1. The molecule has 3 heteroatoms. The Balaban J connectivity index is 1.97. The van der Waals surface area contributed by atoms with E-state index >= 15 is 0 Å². The molecule has 0 aliphatic carbocycles. The van der Waals surface area contributed by atoms with Crippen LogP contribution in [0.15, 0.2) is 24.3 Å². The standard InChI is InChI=1S/C26H42O3/c1-3-4-5-6-7-8-9-10-11-12-13-14-15-16-17-23-18-20-24(21-19-23)25(27)22-26(28)29-2/h18-21H,3-17,22H2,1-2H3. The molecule has 0 saturated heterocycles. The van der Waals surface area contributed by atoms with Crippen LogP contribution in [0.2, 0.25) is 0 Å². The highest BCUT2D eigenvalue weighted by atomic mass is 16.5. The molecule has 0 unspecified atom stereocenters. The van der Waals surface area contributed by atoms with Gasteiger partial charge in [0, 0.05) is 5.56 Å². The Morgan fingerprint density at radius 2 is 1.14 bits per heavy atom. The number of unbranched alkanes of at least 4 members (excludes halogenated alkanes) is 13. The Bertz CT molecular complexity index is 548. The molecule has 29 heavy (non-hydrogen) atoms. The van der Waals surface area contributed by atoms with Gasteiger partial charge in [0.15, 0.2) is 5.78 Å². The lowest BCUT2D eigenvalue weighted by molar-refractivity contribution is -0.139. The van der Waals surface area contributed by atoms with E-state index in [4.69, 9.17) is 0 Å². The van der Waals surface area contributed by atoms with Gasteiger partial charge in [0.1, 0.15) is 6.42 Å².